The Labute approximate surface area is 85.5 Å². The summed E-state index contributed by atoms with van der Waals surface area (Å²) in [6.45, 7) is 2.14. The molecular formula is C12H17NO. The molecule has 0 amide bonds. The van der Waals surface area contributed by atoms with Gasteiger partial charge in [-0.1, -0.05) is 24.3 Å². The quantitative estimate of drug-likeness (QED) is 0.792. The molecule has 0 saturated heterocycles. The number of likely N-dealkylation sites (N-methyl/N-ethyl adjacent to an activating group) is 1. The first kappa shape index (κ1) is 10.8. The van der Waals surface area contributed by atoms with Crippen LogP contribution in [0.5, 0.6) is 5.75 Å². The summed E-state index contributed by atoms with van der Waals surface area (Å²) in [5, 5.41) is 9.09. The maximum atomic E-state index is 9.09. The van der Waals surface area contributed by atoms with Crippen molar-refractivity contribution in [1.29, 1.82) is 0 Å². The Kier molecular flexibility index (Phi) is 3.72. The zero-order valence-corrected chi connectivity index (χ0v) is 8.94. The molecule has 14 heavy (non-hydrogen) atoms. The number of nitrogens with zero attached hydrogens (tertiary/aromatic N) is 1. The minimum atomic E-state index is 0.308. The van der Waals surface area contributed by atoms with E-state index >= 15 is 0 Å². The molecule has 1 unspecified atom stereocenters. The van der Waals surface area contributed by atoms with Crippen LogP contribution in [0, 0.1) is 0 Å². The van der Waals surface area contributed by atoms with Gasteiger partial charge in [-0.2, -0.15) is 0 Å². The lowest BCUT2D eigenvalue weighted by Crippen LogP contribution is -2.21. The van der Waals surface area contributed by atoms with E-state index in [1.807, 2.05) is 26.2 Å². The molecule has 2 nitrogen and oxygen atoms in total. The number of hydrogen-bond donors (Lipinski definition) is 1. The van der Waals surface area contributed by atoms with Gasteiger partial charge in [0, 0.05) is 6.04 Å². The molecule has 1 N–H and O–H groups in total. The average Bonchev–Trinajstić information content (AvgIpc) is 2.16. The summed E-state index contributed by atoms with van der Waals surface area (Å²) in [5.74, 6) is 0.308. The van der Waals surface area contributed by atoms with Gasteiger partial charge in [0.25, 0.3) is 0 Å². The van der Waals surface area contributed by atoms with Crippen LogP contribution in [0.4, 0.5) is 0 Å². The molecular weight excluding hydrogens is 174 g/mol. The first-order valence-corrected chi connectivity index (χ1v) is 4.73. The van der Waals surface area contributed by atoms with Gasteiger partial charge in [0.1, 0.15) is 5.75 Å². The van der Waals surface area contributed by atoms with E-state index < -0.39 is 0 Å². The molecule has 2 heteroatoms. The first-order chi connectivity index (χ1) is 6.59. The summed E-state index contributed by atoms with van der Waals surface area (Å²) < 4.78 is 0. The molecule has 0 heterocycles. The van der Waals surface area contributed by atoms with E-state index in [1.165, 1.54) is 0 Å². The molecule has 1 aromatic rings. The van der Waals surface area contributed by atoms with Gasteiger partial charge in [-0.25, -0.2) is 0 Å². The van der Waals surface area contributed by atoms with Crippen LogP contribution in [0.3, 0.4) is 0 Å². The Morgan fingerprint density at radius 1 is 1.21 bits per heavy atom. The third kappa shape index (κ3) is 3.23. The summed E-state index contributed by atoms with van der Waals surface area (Å²) in [6, 6.07) is 7.60. The van der Waals surface area contributed by atoms with Crippen molar-refractivity contribution in [3.05, 3.63) is 35.9 Å². The van der Waals surface area contributed by atoms with E-state index in [0.29, 0.717) is 11.8 Å². The second kappa shape index (κ2) is 4.82. The zero-order chi connectivity index (χ0) is 10.6. The van der Waals surface area contributed by atoms with Gasteiger partial charge >= 0.3 is 0 Å². The van der Waals surface area contributed by atoms with Crippen molar-refractivity contribution >= 4 is 6.08 Å². The highest BCUT2D eigenvalue weighted by molar-refractivity contribution is 5.50. The topological polar surface area (TPSA) is 23.5 Å². The smallest absolute Gasteiger partial charge is 0.115 e. The molecule has 1 aromatic carbocycles. The van der Waals surface area contributed by atoms with Gasteiger partial charge in [0.2, 0.25) is 0 Å². The highest BCUT2D eigenvalue weighted by atomic mass is 16.3. The van der Waals surface area contributed by atoms with Gasteiger partial charge in [0.15, 0.2) is 0 Å². The standard InChI is InChI=1S/C12H17NO/c1-10(13(2)3)4-5-11-6-8-12(14)9-7-11/h4-10,14H,1-3H3/b5-4+. The number of rotatable bonds is 3. The fourth-order valence-electron chi connectivity index (χ4n) is 1.01. The number of hydrogen-bond acceptors (Lipinski definition) is 2. The van der Waals surface area contributed by atoms with Crippen LogP contribution in [0.1, 0.15) is 12.5 Å². The van der Waals surface area contributed by atoms with E-state index in [1.54, 1.807) is 12.1 Å². The predicted molar refractivity (Wildman–Crippen MR) is 60.3 cm³/mol. The second-order valence-electron chi connectivity index (χ2n) is 3.65. The van der Waals surface area contributed by atoms with Gasteiger partial charge in [-0.3, -0.25) is 0 Å². The fraction of sp³-hybridized carbons (Fsp3) is 0.333. The predicted octanol–water partition coefficient (Wildman–Crippen LogP) is 2.36. The lowest BCUT2D eigenvalue weighted by Gasteiger charge is -2.14. The lowest BCUT2D eigenvalue weighted by molar-refractivity contribution is 0.365. The molecule has 1 atom stereocenters. The van der Waals surface area contributed by atoms with E-state index in [-0.39, 0.29) is 0 Å². The van der Waals surface area contributed by atoms with E-state index in [0.717, 1.165) is 5.56 Å². The van der Waals surface area contributed by atoms with Crippen molar-refractivity contribution < 1.29 is 5.11 Å². The maximum absolute atomic E-state index is 9.09. The maximum Gasteiger partial charge on any atom is 0.115 e. The van der Waals surface area contributed by atoms with E-state index in [4.69, 9.17) is 5.11 Å². The summed E-state index contributed by atoms with van der Waals surface area (Å²) in [4.78, 5) is 2.14. The molecule has 76 valence electrons. The lowest BCUT2D eigenvalue weighted by atomic mass is 10.1. The first-order valence-electron chi connectivity index (χ1n) is 4.73. The highest BCUT2D eigenvalue weighted by Gasteiger charge is 1.97. The molecule has 0 saturated carbocycles. The van der Waals surface area contributed by atoms with Crippen molar-refractivity contribution in [3.63, 3.8) is 0 Å². The van der Waals surface area contributed by atoms with Gasteiger partial charge in [-0.15, -0.1) is 0 Å². The fourth-order valence-corrected chi connectivity index (χ4v) is 1.01. The molecule has 0 aliphatic carbocycles. The normalized spacial score (nSPS) is 13.7. The Hall–Kier alpha value is -1.28. The molecule has 0 radical (unpaired) electrons. The zero-order valence-electron chi connectivity index (χ0n) is 8.94. The minimum Gasteiger partial charge on any atom is -0.508 e. The van der Waals surface area contributed by atoms with Crippen LogP contribution in [-0.2, 0) is 0 Å². The van der Waals surface area contributed by atoms with Crippen molar-refractivity contribution in [1.82, 2.24) is 4.90 Å². The Bertz CT molecular complexity index is 301. The van der Waals surface area contributed by atoms with Crippen LogP contribution >= 0.6 is 0 Å². The summed E-state index contributed by atoms with van der Waals surface area (Å²) in [5.41, 5.74) is 1.11. The van der Waals surface area contributed by atoms with Crippen LogP contribution < -0.4 is 0 Å². The van der Waals surface area contributed by atoms with Gasteiger partial charge < -0.3 is 10.0 Å². The number of aromatic hydroxyl groups is 1. The SMILES string of the molecule is CC(/C=C/c1ccc(O)cc1)N(C)C. The van der Waals surface area contributed by atoms with Crippen molar-refractivity contribution in [2.45, 2.75) is 13.0 Å². The highest BCUT2D eigenvalue weighted by Crippen LogP contribution is 2.11. The molecule has 0 bridgehead atoms. The molecule has 0 fully saturated rings. The van der Waals surface area contributed by atoms with Gasteiger partial charge in [0.05, 0.1) is 0 Å². The van der Waals surface area contributed by atoms with Crippen LogP contribution in [0.15, 0.2) is 30.3 Å². The van der Waals surface area contributed by atoms with E-state index in [9.17, 15) is 0 Å². The average molecular weight is 191 g/mol. The molecule has 1 rings (SSSR count). The van der Waals surface area contributed by atoms with Crippen LogP contribution in [-0.4, -0.2) is 30.1 Å². The molecule has 0 spiro atoms. The van der Waals surface area contributed by atoms with E-state index in [2.05, 4.69) is 24.0 Å². The summed E-state index contributed by atoms with van der Waals surface area (Å²) in [6.07, 6.45) is 4.19. The third-order valence-electron chi connectivity index (χ3n) is 2.27. The van der Waals surface area contributed by atoms with Crippen molar-refractivity contribution in [3.8, 4) is 5.75 Å². The largest absolute Gasteiger partial charge is 0.508 e. The monoisotopic (exact) mass is 191 g/mol. The number of benzene rings is 1. The van der Waals surface area contributed by atoms with Crippen LogP contribution in [0.2, 0.25) is 0 Å². The third-order valence-corrected chi connectivity index (χ3v) is 2.27. The van der Waals surface area contributed by atoms with Gasteiger partial charge in [-0.05, 0) is 38.7 Å². The number of phenols is 1. The molecule has 0 aliphatic rings. The summed E-state index contributed by atoms with van der Waals surface area (Å²) >= 11 is 0. The minimum absolute atomic E-state index is 0.308. The Balaban J connectivity index is 2.64. The Morgan fingerprint density at radius 2 is 1.79 bits per heavy atom. The molecule has 0 aliphatic heterocycles. The van der Waals surface area contributed by atoms with Crippen molar-refractivity contribution in [2.24, 2.45) is 0 Å². The second-order valence-corrected chi connectivity index (χ2v) is 3.65. The van der Waals surface area contributed by atoms with Crippen molar-refractivity contribution in [2.75, 3.05) is 14.1 Å². The number of phenolic OH excluding ortho intramolecular Hbond substituents is 1. The molecule has 0 aromatic heterocycles. The Morgan fingerprint density at radius 3 is 2.29 bits per heavy atom. The summed E-state index contributed by atoms with van der Waals surface area (Å²) in [7, 11) is 4.09. The van der Waals surface area contributed by atoms with Crippen LogP contribution in [0.25, 0.3) is 6.08 Å².